The molecule has 0 saturated carbocycles. The molecule has 1 amide bonds. The average Bonchev–Trinajstić information content (AvgIpc) is 2.53. The highest BCUT2D eigenvalue weighted by Crippen LogP contribution is 2.25. The Bertz CT molecular complexity index is 450. The Morgan fingerprint density at radius 2 is 1.95 bits per heavy atom. The first-order chi connectivity index (χ1) is 10.1. The maximum absolute atomic E-state index is 10.9. The van der Waals surface area contributed by atoms with E-state index in [0.29, 0.717) is 5.92 Å². The summed E-state index contributed by atoms with van der Waals surface area (Å²) >= 11 is 0. The summed E-state index contributed by atoms with van der Waals surface area (Å²) in [5.74, 6) is 0.647. The van der Waals surface area contributed by atoms with Crippen molar-refractivity contribution in [3.8, 4) is 0 Å². The lowest BCUT2D eigenvalue weighted by Crippen LogP contribution is -2.38. The van der Waals surface area contributed by atoms with E-state index in [1.807, 2.05) is 19.1 Å². The van der Waals surface area contributed by atoms with Crippen molar-refractivity contribution in [2.75, 3.05) is 24.5 Å². The molecule has 0 radical (unpaired) electrons. The van der Waals surface area contributed by atoms with Crippen molar-refractivity contribution >= 4 is 11.6 Å². The minimum atomic E-state index is -0.359. The lowest BCUT2D eigenvalue weighted by atomic mass is 9.96. The molecule has 1 heterocycles. The van der Waals surface area contributed by atoms with Gasteiger partial charge in [0.2, 0.25) is 5.91 Å². The number of amides is 1. The summed E-state index contributed by atoms with van der Waals surface area (Å²) in [5, 5.41) is 12.7. The van der Waals surface area contributed by atoms with E-state index in [-0.39, 0.29) is 12.0 Å². The number of hydrogen-bond acceptors (Lipinski definition) is 3. The minimum absolute atomic E-state index is 0.0579. The van der Waals surface area contributed by atoms with Crippen LogP contribution in [0.2, 0.25) is 0 Å². The smallest absolute Gasteiger partial charge is 0.216 e. The van der Waals surface area contributed by atoms with Gasteiger partial charge in [0.25, 0.3) is 0 Å². The summed E-state index contributed by atoms with van der Waals surface area (Å²) < 4.78 is 0. The van der Waals surface area contributed by atoms with E-state index >= 15 is 0 Å². The lowest BCUT2D eigenvalue weighted by Gasteiger charge is -2.33. The van der Waals surface area contributed by atoms with Crippen LogP contribution in [-0.2, 0) is 4.79 Å². The second-order valence-electron chi connectivity index (χ2n) is 5.88. The van der Waals surface area contributed by atoms with Crippen LogP contribution in [-0.4, -0.2) is 30.6 Å². The molecule has 4 heteroatoms. The van der Waals surface area contributed by atoms with Gasteiger partial charge in [0.15, 0.2) is 0 Å². The predicted octanol–water partition coefficient (Wildman–Crippen LogP) is 2.48. The Balaban J connectivity index is 1.86. The van der Waals surface area contributed by atoms with E-state index in [1.54, 1.807) is 6.92 Å². The quantitative estimate of drug-likeness (QED) is 0.876. The number of carbonyl (C=O) groups excluding carboxylic acids is 1. The topological polar surface area (TPSA) is 52.6 Å². The van der Waals surface area contributed by atoms with Gasteiger partial charge in [-0.15, -0.1) is 0 Å². The number of aliphatic hydroxyl groups excluding tert-OH is 1. The Morgan fingerprint density at radius 3 is 2.48 bits per heavy atom. The van der Waals surface area contributed by atoms with Crippen molar-refractivity contribution < 1.29 is 9.90 Å². The molecule has 1 atom stereocenters. The summed E-state index contributed by atoms with van der Waals surface area (Å²) in [6.45, 7) is 6.41. The molecule has 0 aliphatic carbocycles. The SMILES string of the molecule is CC[C@H](O)c1ccc(N2CCC(CNC(C)=O)CC2)cc1. The summed E-state index contributed by atoms with van der Waals surface area (Å²) in [4.78, 5) is 13.3. The molecule has 1 aromatic carbocycles. The first kappa shape index (κ1) is 15.8. The third kappa shape index (κ3) is 4.46. The number of rotatable bonds is 5. The molecule has 2 rings (SSSR count). The van der Waals surface area contributed by atoms with Crippen LogP contribution in [0.1, 0.15) is 44.8 Å². The Hall–Kier alpha value is -1.55. The monoisotopic (exact) mass is 290 g/mol. The fourth-order valence-electron chi connectivity index (χ4n) is 2.83. The van der Waals surface area contributed by atoms with Crippen molar-refractivity contribution in [1.82, 2.24) is 5.32 Å². The van der Waals surface area contributed by atoms with Gasteiger partial charge in [-0.05, 0) is 42.9 Å². The van der Waals surface area contributed by atoms with Crippen LogP contribution in [0.4, 0.5) is 5.69 Å². The minimum Gasteiger partial charge on any atom is -0.388 e. The maximum Gasteiger partial charge on any atom is 0.216 e. The normalized spacial score (nSPS) is 17.6. The van der Waals surface area contributed by atoms with Crippen LogP contribution in [0.25, 0.3) is 0 Å². The van der Waals surface area contributed by atoms with E-state index in [4.69, 9.17) is 0 Å². The van der Waals surface area contributed by atoms with E-state index < -0.39 is 0 Å². The first-order valence-corrected chi connectivity index (χ1v) is 7.87. The zero-order valence-electron chi connectivity index (χ0n) is 13.0. The number of nitrogens with one attached hydrogen (secondary N) is 1. The third-order valence-corrected chi connectivity index (χ3v) is 4.28. The molecule has 1 aliphatic rings. The van der Waals surface area contributed by atoms with Gasteiger partial charge in [-0.25, -0.2) is 0 Å². The Labute approximate surface area is 127 Å². The summed E-state index contributed by atoms with van der Waals surface area (Å²) in [7, 11) is 0. The Morgan fingerprint density at radius 1 is 1.33 bits per heavy atom. The van der Waals surface area contributed by atoms with Crippen LogP contribution in [0.3, 0.4) is 0 Å². The molecule has 2 N–H and O–H groups in total. The second kappa shape index (κ2) is 7.46. The van der Waals surface area contributed by atoms with E-state index in [0.717, 1.165) is 44.5 Å². The molecule has 0 spiro atoms. The third-order valence-electron chi connectivity index (χ3n) is 4.28. The van der Waals surface area contributed by atoms with E-state index in [2.05, 4.69) is 22.3 Å². The zero-order valence-corrected chi connectivity index (χ0v) is 13.0. The lowest BCUT2D eigenvalue weighted by molar-refractivity contribution is -0.119. The summed E-state index contributed by atoms with van der Waals surface area (Å²) in [6.07, 6.45) is 2.61. The molecular formula is C17H26N2O2. The highest BCUT2D eigenvalue weighted by Gasteiger charge is 2.19. The van der Waals surface area contributed by atoms with Crippen molar-refractivity contribution in [1.29, 1.82) is 0 Å². The molecule has 1 fully saturated rings. The van der Waals surface area contributed by atoms with Crippen molar-refractivity contribution in [2.24, 2.45) is 5.92 Å². The predicted molar refractivity (Wildman–Crippen MR) is 85.3 cm³/mol. The second-order valence-corrected chi connectivity index (χ2v) is 5.88. The number of benzene rings is 1. The van der Waals surface area contributed by atoms with Crippen LogP contribution in [0.15, 0.2) is 24.3 Å². The van der Waals surface area contributed by atoms with Gasteiger partial charge in [-0.1, -0.05) is 19.1 Å². The van der Waals surface area contributed by atoms with Gasteiger partial charge in [-0.3, -0.25) is 4.79 Å². The highest BCUT2D eigenvalue weighted by atomic mass is 16.3. The molecule has 1 aliphatic heterocycles. The molecule has 1 aromatic rings. The zero-order chi connectivity index (χ0) is 15.2. The molecule has 21 heavy (non-hydrogen) atoms. The van der Waals surface area contributed by atoms with Crippen molar-refractivity contribution in [3.63, 3.8) is 0 Å². The van der Waals surface area contributed by atoms with Gasteiger partial charge < -0.3 is 15.3 Å². The number of anilines is 1. The van der Waals surface area contributed by atoms with Crippen LogP contribution in [0, 0.1) is 5.92 Å². The highest BCUT2D eigenvalue weighted by molar-refractivity contribution is 5.72. The summed E-state index contributed by atoms with van der Waals surface area (Å²) in [6, 6.07) is 8.24. The molecule has 0 bridgehead atoms. The standard InChI is InChI=1S/C17H26N2O2/c1-3-17(21)15-4-6-16(7-5-15)19-10-8-14(9-11-19)12-18-13(2)20/h4-7,14,17,21H,3,8-12H2,1-2H3,(H,18,20)/t17-/m0/s1. The average molecular weight is 290 g/mol. The van der Waals surface area contributed by atoms with Crippen molar-refractivity contribution in [2.45, 2.75) is 39.2 Å². The van der Waals surface area contributed by atoms with Gasteiger partial charge in [0, 0.05) is 32.2 Å². The van der Waals surface area contributed by atoms with Gasteiger partial charge in [0.1, 0.15) is 0 Å². The van der Waals surface area contributed by atoms with Gasteiger partial charge >= 0.3 is 0 Å². The van der Waals surface area contributed by atoms with Crippen LogP contribution in [0.5, 0.6) is 0 Å². The first-order valence-electron chi connectivity index (χ1n) is 7.87. The Kier molecular flexibility index (Phi) is 5.62. The fraction of sp³-hybridized carbons (Fsp3) is 0.588. The number of piperidine rings is 1. The van der Waals surface area contributed by atoms with Crippen LogP contribution >= 0.6 is 0 Å². The van der Waals surface area contributed by atoms with Gasteiger partial charge in [0.05, 0.1) is 6.10 Å². The molecule has 0 aromatic heterocycles. The fourth-order valence-corrected chi connectivity index (χ4v) is 2.83. The van der Waals surface area contributed by atoms with E-state index in [1.165, 1.54) is 5.69 Å². The van der Waals surface area contributed by atoms with Crippen molar-refractivity contribution in [3.05, 3.63) is 29.8 Å². The molecular weight excluding hydrogens is 264 g/mol. The molecule has 0 unspecified atom stereocenters. The number of nitrogens with zero attached hydrogens (tertiary/aromatic N) is 1. The van der Waals surface area contributed by atoms with E-state index in [9.17, 15) is 9.90 Å². The number of carbonyl (C=O) groups is 1. The molecule has 1 saturated heterocycles. The number of aliphatic hydroxyl groups is 1. The molecule has 116 valence electrons. The van der Waals surface area contributed by atoms with Crippen LogP contribution < -0.4 is 10.2 Å². The molecule has 4 nitrogen and oxygen atoms in total. The maximum atomic E-state index is 10.9. The summed E-state index contributed by atoms with van der Waals surface area (Å²) in [5.41, 5.74) is 2.21. The largest absolute Gasteiger partial charge is 0.388 e. The van der Waals surface area contributed by atoms with Gasteiger partial charge in [-0.2, -0.15) is 0 Å². The number of hydrogen-bond donors (Lipinski definition) is 2.